The highest BCUT2D eigenvalue weighted by molar-refractivity contribution is 5.37. The topological polar surface area (TPSA) is 107 Å². The summed E-state index contributed by atoms with van der Waals surface area (Å²) in [6.45, 7) is -1.34. The molecule has 0 aromatic carbocycles. The van der Waals surface area contributed by atoms with Gasteiger partial charge in [-0.2, -0.15) is 28.8 Å². The molecule has 2 heterocycles. The van der Waals surface area contributed by atoms with Gasteiger partial charge in [0.2, 0.25) is 11.9 Å². The molecule has 0 saturated heterocycles. The zero-order chi connectivity index (χ0) is 15.5. The van der Waals surface area contributed by atoms with E-state index in [2.05, 4.69) is 25.5 Å². The number of aromatic nitrogens is 5. The van der Waals surface area contributed by atoms with Crippen LogP contribution in [0, 0.1) is 0 Å². The third kappa shape index (κ3) is 3.53. The van der Waals surface area contributed by atoms with Gasteiger partial charge in [-0.3, -0.25) is 5.43 Å². The molecule has 0 spiro atoms. The molecule has 114 valence electrons. The molecule has 0 atom stereocenters. The molecule has 2 rings (SSSR count). The second kappa shape index (κ2) is 5.87. The average molecular weight is 306 g/mol. The van der Waals surface area contributed by atoms with Crippen LogP contribution in [0.1, 0.15) is 0 Å². The Kier molecular flexibility index (Phi) is 4.16. The molecular weight excluding hydrogens is 296 g/mol. The smallest absolute Gasteiger partial charge is 0.324 e. The van der Waals surface area contributed by atoms with Crippen molar-refractivity contribution >= 4 is 11.9 Å². The van der Waals surface area contributed by atoms with Crippen LogP contribution in [0.3, 0.4) is 0 Å². The maximum Gasteiger partial charge on any atom is 0.324 e. The van der Waals surface area contributed by atoms with E-state index >= 15 is 0 Å². The number of hydrazine groups is 1. The zero-order valence-corrected chi connectivity index (χ0v) is 10.3. The minimum Gasteiger partial charge on any atom is -0.348 e. The number of hydrogen-bond donors (Lipinski definition) is 3. The molecule has 0 aliphatic rings. The summed E-state index contributed by atoms with van der Waals surface area (Å²) in [4.78, 5) is 11.3. The molecule has 2 aromatic rings. The van der Waals surface area contributed by atoms with E-state index < -0.39 is 18.9 Å². The molecule has 0 fully saturated rings. The van der Waals surface area contributed by atoms with Gasteiger partial charge >= 0.3 is 12.3 Å². The van der Waals surface area contributed by atoms with Crippen molar-refractivity contribution < 1.29 is 17.6 Å². The van der Waals surface area contributed by atoms with E-state index in [4.69, 9.17) is 5.84 Å². The van der Waals surface area contributed by atoms with Crippen molar-refractivity contribution in [3.8, 4) is 5.95 Å². The SMILES string of the molecule is NNc1nc(NCC(F)(F)C(F)F)nc(-n2cccn2)n1. The van der Waals surface area contributed by atoms with Gasteiger partial charge in [0.25, 0.3) is 5.95 Å². The number of halogens is 4. The lowest BCUT2D eigenvalue weighted by atomic mass is 10.3. The standard InChI is InChI=1S/C9H10F4N8/c10-5(11)9(12,13)4-15-6-17-7(20-14)19-8(18-6)21-3-1-2-16-21/h1-3,5H,4,14H2,(H2,15,17,18,19,20). The lowest BCUT2D eigenvalue weighted by molar-refractivity contribution is -0.117. The Bertz CT molecular complexity index is 587. The number of anilines is 2. The number of hydrogen-bond acceptors (Lipinski definition) is 7. The molecule has 0 aliphatic heterocycles. The molecular formula is C9H10F4N8. The van der Waals surface area contributed by atoms with Gasteiger partial charge in [-0.25, -0.2) is 19.3 Å². The molecule has 8 nitrogen and oxygen atoms in total. The molecule has 0 radical (unpaired) electrons. The van der Waals surface area contributed by atoms with Crippen molar-refractivity contribution in [2.75, 3.05) is 17.3 Å². The number of nitrogen functional groups attached to an aromatic ring is 1. The van der Waals surface area contributed by atoms with Gasteiger partial charge in [-0.1, -0.05) is 0 Å². The molecule has 2 aromatic heterocycles. The summed E-state index contributed by atoms with van der Waals surface area (Å²) in [5.41, 5.74) is 2.11. The Morgan fingerprint density at radius 2 is 1.95 bits per heavy atom. The van der Waals surface area contributed by atoms with E-state index in [1.165, 1.54) is 17.1 Å². The number of rotatable bonds is 6. The van der Waals surface area contributed by atoms with Crippen molar-refractivity contribution in [1.82, 2.24) is 24.7 Å². The van der Waals surface area contributed by atoms with E-state index in [0.29, 0.717) is 0 Å². The van der Waals surface area contributed by atoms with Crippen LogP contribution < -0.4 is 16.6 Å². The number of nitrogens with zero attached hydrogens (tertiary/aromatic N) is 5. The molecule has 0 saturated carbocycles. The van der Waals surface area contributed by atoms with Gasteiger partial charge in [0.05, 0.1) is 6.54 Å². The molecule has 0 unspecified atom stereocenters. The third-order valence-electron chi connectivity index (χ3n) is 2.26. The molecule has 21 heavy (non-hydrogen) atoms. The minimum atomic E-state index is -4.21. The van der Waals surface area contributed by atoms with E-state index in [0.717, 1.165) is 0 Å². The first-order valence-corrected chi connectivity index (χ1v) is 5.55. The maximum atomic E-state index is 12.8. The number of nitrogens with two attached hydrogens (primary N) is 1. The van der Waals surface area contributed by atoms with Crippen LogP contribution in [-0.4, -0.2) is 43.6 Å². The second-order valence-corrected chi connectivity index (χ2v) is 3.79. The fraction of sp³-hybridized carbons (Fsp3) is 0.333. The van der Waals surface area contributed by atoms with Crippen LogP contribution in [0.4, 0.5) is 29.5 Å². The highest BCUT2D eigenvalue weighted by atomic mass is 19.3. The monoisotopic (exact) mass is 306 g/mol. The van der Waals surface area contributed by atoms with Gasteiger partial charge in [0.15, 0.2) is 0 Å². The maximum absolute atomic E-state index is 12.8. The first-order valence-electron chi connectivity index (χ1n) is 5.55. The van der Waals surface area contributed by atoms with Crippen LogP contribution in [0.5, 0.6) is 0 Å². The summed E-state index contributed by atoms with van der Waals surface area (Å²) in [5.74, 6) is 0.423. The van der Waals surface area contributed by atoms with Crippen LogP contribution >= 0.6 is 0 Å². The molecule has 0 aliphatic carbocycles. The van der Waals surface area contributed by atoms with Crippen molar-refractivity contribution in [2.24, 2.45) is 5.84 Å². The lowest BCUT2D eigenvalue weighted by Gasteiger charge is -2.16. The van der Waals surface area contributed by atoms with Gasteiger partial charge in [-0.15, -0.1) is 0 Å². The van der Waals surface area contributed by atoms with Crippen molar-refractivity contribution in [2.45, 2.75) is 12.3 Å². The summed E-state index contributed by atoms with van der Waals surface area (Å²) in [6, 6.07) is 1.58. The molecule has 0 amide bonds. The molecule has 4 N–H and O–H groups in total. The third-order valence-corrected chi connectivity index (χ3v) is 2.26. The van der Waals surface area contributed by atoms with Crippen LogP contribution in [0.15, 0.2) is 18.5 Å². The average Bonchev–Trinajstić information content (AvgIpc) is 2.99. The number of alkyl halides is 4. The largest absolute Gasteiger partial charge is 0.348 e. The van der Waals surface area contributed by atoms with Crippen LogP contribution in [0.25, 0.3) is 5.95 Å². The summed E-state index contributed by atoms with van der Waals surface area (Å²) < 4.78 is 51.1. The predicted molar refractivity (Wildman–Crippen MR) is 64.2 cm³/mol. The minimum absolute atomic E-state index is 0.0224. The normalized spacial score (nSPS) is 11.7. The summed E-state index contributed by atoms with van der Waals surface area (Å²) in [5, 5.41) is 5.85. The van der Waals surface area contributed by atoms with Gasteiger partial charge in [-0.05, 0) is 6.07 Å². The van der Waals surface area contributed by atoms with E-state index in [-0.39, 0.29) is 17.8 Å². The molecule has 12 heteroatoms. The summed E-state index contributed by atoms with van der Waals surface area (Å²) in [7, 11) is 0. The quantitative estimate of drug-likeness (QED) is 0.409. The fourth-order valence-corrected chi connectivity index (χ4v) is 1.27. The highest BCUT2D eigenvalue weighted by Crippen LogP contribution is 2.22. The van der Waals surface area contributed by atoms with Crippen LogP contribution in [-0.2, 0) is 0 Å². The van der Waals surface area contributed by atoms with Gasteiger partial charge in [0.1, 0.15) is 0 Å². The predicted octanol–water partition coefficient (Wildman–Crippen LogP) is 0.655. The van der Waals surface area contributed by atoms with E-state index in [1.807, 2.05) is 5.32 Å². The number of nitrogens with one attached hydrogen (secondary N) is 2. The van der Waals surface area contributed by atoms with Crippen molar-refractivity contribution in [3.05, 3.63) is 18.5 Å². The Balaban J connectivity index is 2.22. The Hall–Kier alpha value is -2.50. The Labute approximate surface area is 115 Å². The van der Waals surface area contributed by atoms with Crippen molar-refractivity contribution in [1.29, 1.82) is 0 Å². The lowest BCUT2D eigenvalue weighted by Crippen LogP contribution is -2.35. The van der Waals surface area contributed by atoms with Gasteiger partial charge in [0, 0.05) is 12.4 Å². The van der Waals surface area contributed by atoms with Gasteiger partial charge < -0.3 is 5.32 Å². The van der Waals surface area contributed by atoms with Crippen molar-refractivity contribution in [3.63, 3.8) is 0 Å². The first-order chi connectivity index (χ1) is 9.92. The highest BCUT2D eigenvalue weighted by Gasteiger charge is 2.40. The summed E-state index contributed by atoms with van der Waals surface area (Å²) >= 11 is 0. The Morgan fingerprint density at radius 1 is 1.24 bits per heavy atom. The van der Waals surface area contributed by atoms with E-state index in [1.54, 1.807) is 6.07 Å². The molecule has 0 bridgehead atoms. The zero-order valence-electron chi connectivity index (χ0n) is 10.3. The van der Waals surface area contributed by atoms with Crippen LogP contribution in [0.2, 0.25) is 0 Å². The Morgan fingerprint density at radius 3 is 2.52 bits per heavy atom. The first kappa shape index (κ1) is 14.9. The van der Waals surface area contributed by atoms with E-state index in [9.17, 15) is 17.6 Å². The summed E-state index contributed by atoms with van der Waals surface area (Å²) in [6.07, 6.45) is -0.866. The second-order valence-electron chi connectivity index (χ2n) is 3.79. The fourth-order valence-electron chi connectivity index (χ4n) is 1.27.